The molecule has 0 amide bonds. The molecule has 7 heteroatoms. The number of nitrogens with zero attached hydrogens (tertiary/aromatic N) is 1. The van der Waals surface area contributed by atoms with Gasteiger partial charge in [-0.05, 0) is 31.4 Å². The Bertz CT molecular complexity index is 524. The molecule has 1 aromatic rings. The highest BCUT2D eigenvalue weighted by molar-refractivity contribution is 9.09. The Morgan fingerprint density at radius 2 is 2.21 bits per heavy atom. The van der Waals surface area contributed by atoms with Crippen LogP contribution in [0.15, 0.2) is 10.3 Å². The van der Waals surface area contributed by atoms with E-state index in [0.717, 1.165) is 42.6 Å². The van der Waals surface area contributed by atoms with E-state index in [2.05, 4.69) is 15.9 Å². The van der Waals surface area contributed by atoms with Crippen molar-refractivity contribution in [3.8, 4) is 0 Å². The van der Waals surface area contributed by atoms with Crippen LogP contribution in [-0.4, -0.2) is 30.6 Å². The van der Waals surface area contributed by atoms with E-state index in [1.54, 1.807) is 10.4 Å². The smallest absolute Gasteiger partial charge is 0.206 e. The molecule has 2 heterocycles. The van der Waals surface area contributed by atoms with Gasteiger partial charge in [0.15, 0.2) is 0 Å². The van der Waals surface area contributed by atoms with Crippen molar-refractivity contribution in [2.45, 2.75) is 42.9 Å². The number of alkyl halides is 1. The van der Waals surface area contributed by atoms with Crippen molar-refractivity contribution in [2.75, 3.05) is 11.9 Å². The zero-order chi connectivity index (χ0) is 14.0. The van der Waals surface area contributed by atoms with E-state index in [1.165, 1.54) is 0 Å². The van der Waals surface area contributed by atoms with E-state index in [-0.39, 0.29) is 6.04 Å². The van der Waals surface area contributed by atoms with E-state index >= 15 is 0 Å². The molecule has 1 atom stereocenters. The second kappa shape index (κ2) is 6.43. The quantitative estimate of drug-likeness (QED) is 0.735. The first-order valence-corrected chi connectivity index (χ1v) is 10.1. The fourth-order valence-corrected chi connectivity index (χ4v) is 6.69. The summed E-state index contributed by atoms with van der Waals surface area (Å²) in [6.45, 7) is 2.44. The van der Waals surface area contributed by atoms with Gasteiger partial charge in [-0.2, -0.15) is 4.31 Å². The summed E-state index contributed by atoms with van der Waals surface area (Å²) in [6, 6.07) is 1.73. The molecule has 3 nitrogen and oxygen atoms in total. The largest absolute Gasteiger partial charge is 0.252 e. The van der Waals surface area contributed by atoms with Gasteiger partial charge in [-0.3, -0.25) is 0 Å². The van der Waals surface area contributed by atoms with Crippen molar-refractivity contribution < 1.29 is 8.42 Å². The normalized spacial score (nSPS) is 22.4. The SMILES string of the molecule is Cc1cc(S(=O)(=O)N2CCCCCC2CBr)sc1Cl. The number of sulfonamides is 1. The number of thiophene rings is 1. The Morgan fingerprint density at radius 3 is 2.79 bits per heavy atom. The maximum Gasteiger partial charge on any atom is 0.252 e. The number of aryl methyl sites for hydroxylation is 1. The van der Waals surface area contributed by atoms with Gasteiger partial charge < -0.3 is 0 Å². The Kier molecular flexibility index (Phi) is 5.34. The van der Waals surface area contributed by atoms with Gasteiger partial charge in [-0.1, -0.05) is 40.4 Å². The number of hydrogen-bond acceptors (Lipinski definition) is 3. The van der Waals surface area contributed by atoms with Crippen molar-refractivity contribution in [1.82, 2.24) is 4.31 Å². The zero-order valence-corrected chi connectivity index (χ0v) is 14.7. The van der Waals surface area contributed by atoms with Crippen LogP contribution < -0.4 is 0 Å². The molecule has 0 bridgehead atoms. The van der Waals surface area contributed by atoms with Gasteiger partial charge in [0, 0.05) is 17.9 Å². The summed E-state index contributed by atoms with van der Waals surface area (Å²) in [4.78, 5) is 0. The molecule has 108 valence electrons. The van der Waals surface area contributed by atoms with Crippen LogP contribution in [0.1, 0.15) is 31.2 Å². The summed E-state index contributed by atoms with van der Waals surface area (Å²) in [6.07, 6.45) is 4.04. The van der Waals surface area contributed by atoms with E-state index in [1.807, 2.05) is 6.92 Å². The lowest BCUT2D eigenvalue weighted by Crippen LogP contribution is -2.40. The average Bonchev–Trinajstić information content (AvgIpc) is 2.61. The Balaban J connectivity index is 2.35. The third kappa shape index (κ3) is 3.35. The van der Waals surface area contributed by atoms with Gasteiger partial charge in [0.25, 0.3) is 10.0 Å². The predicted molar refractivity (Wildman–Crippen MR) is 84.0 cm³/mol. The van der Waals surface area contributed by atoms with E-state index < -0.39 is 10.0 Å². The van der Waals surface area contributed by atoms with Gasteiger partial charge in [0.2, 0.25) is 0 Å². The van der Waals surface area contributed by atoms with Crippen LogP contribution in [0.5, 0.6) is 0 Å². The first kappa shape index (κ1) is 15.8. The fraction of sp³-hybridized carbons (Fsp3) is 0.667. The highest BCUT2D eigenvalue weighted by Crippen LogP contribution is 2.34. The Hall–Kier alpha value is 0.380. The van der Waals surface area contributed by atoms with Gasteiger partial charge in [-0.15, -0.1) is 11.3 Å². The van der Waals surface area contributed by atoms with Gasteiger partial charge >= 0.3 is 0 Å². The second-order valence-electron chi connectivity index (χ2n) is 4.80. The molecule has 0 saturated carbocycles. The topological polar surface area (TPSA) is 37.4 Å². The average molecular weight is 387 g/mol. The molecular weight excluding hydrogens is 370 g/mol. The van der Waals surface area contributed by atoms with E-state index in [0.29, 0.717) is 20.4 Å². The molecule has 19 heavy (non-hydrogen) atoms. The van der Waals surface area contributed by atoms with Crippen molar-refractivity contribution in [1.29, 1.82) is 0 Å². The van der Waals surface area contributed by atoms with Crippen molar-refractivity contribution in [3.63, 3.8) is 0 Å². The first-order valence-electron chi connectivity index (χ1n) is 6.30. The molecule has 1 aliphatic rings. The Labute approximate surface area is 132 Å². The van der Waals surface area contributed by atoms with Crippen LogP contribution in [0.25, 0.3) is 0 Å². The van der Waals surface area contributed by atoms with Gasteiger partial charge in [0.05, 0.1) is 4.34 Å². The molecule has 0 aromatic carbocycles. The summed E-state index contributed by atoms with van der Waals surface area (Å²) in [5.74, 6) is 0. The van der Waals surface area contributed by atoms with E-state index in [4.69, 9.17) is 11.6 Å². The minimum atomic E-state index is -3.41. The van der Waals surface area contributed by atoms with Crippen molar-refractivity contribution in [2.24, 2.45) is 0 Å². The summed E-state index contributed by atoms with van der Waals surface area (Å²) in [5.41, 5.74) is 0.829. The van der Waals surface area contributed by atoms with Crippen LogP contribution in [-0.2, 0) is 10.0 Å². The van der Waals surface area contributed by atoms with Crippen molar-refractivity contribution in [3.05, 3.63) is 16.0 Å². The maximum absolute atomic E-state index is 12.7. The molecule has 1 saturated heterocycles. The van der Waals surface area contributed by atoms with Gasteiger partial charge in [-0.25, -0.2) is 8.42 Å². The van der Waals surface area contributed by atoms with Crippen LogP contribution >= 0.6 is 38.9 Å². The summed E-state index contributed by atoms with van der Waals surface area (Å²) in [7, 11) is -3.41. The Morgan fingerprint density at radius 1 is 1.47 bits per heavy atom. The first-order chi connectivity index (χ1) is 8.96. The molecule has 0 aliphatic carbocycles. The molecule has 1 fully saturated rings. The van der Waals surface area contributed by atoms with Crippen LogP contribution in [0.3, 0.4) is 0 Å². The molecule has 1 aliphatic heterocycles. The lowest BCUT2D eigenvalue weighted by molar-refractivity contribution is 0.348. The summed E-state index contributed by atoms with van der Waals surface area (Å²) >= 11 is 10.6. The standard InChI is InChI=1S/C12H17BrClNO2S2/c1-9-7-11(18-12(9)14)19(16,17)15-6-4-2-3-5-10(15)8-13/h7,10H,2-6,8H2,1H3. The number of hydrogen-bond donors (Lipinski definition) is 0. The second-order valence-corrected chi connectivity index (χ2v) is 9.21. The molecule has 2 rings (SSSR count). The monoisotopic (exact) mass is 385 g/mol. The highest BCUT2D eigenvalue weighted by Gasteiger charge is 2.33. The third-order valence-corrected chi connectivity index (χ3v) is 8.10. The molecule has 0 spiro atoms. The fourth-order valence-electron chi connectivity index (χ4n) is 2.30. The molecule has 1 unspecified atom stereocenters. The molecule has 0 radical (unpaired) electrons. The summed E-state index contributed by atoms with van der Waals surface area (Å²) in [5, 5.41) is 0.685. The maximum atomic E-state index is 12.7. The van der Waals surface area contributed by atoms with Crippen molar-refractivity contribution >= 4 is 48.9 Å². The number of rotatable bonds is 3. The molecule has 1 aromatic heterocycles. The minimum absolute atomic E-state index is 0.0497. The summed E-state index contributed by atoms with van der Waals surface area (Å²) < 4.78 is 28.0. The van der Waals surface area contributed by atoms with Gasteiger partial charge in [0.1, 0.15) is 4.21 Å². The van der Waals surface area contributed by atoms with Crippen LogP contribution in [0.4, 0.5) is 0 Å². The predicted octanol–water partition coefficient (Wildman–Crippen LogP) is 4.04. The zero-order valence-electron chi connectivity index (χ0n) is 10.7. The highest BCUT2D eigenvalue weighted by atomic mass is 79.9. The van der Waals surface area contributed by atoms with E-state index in [9.17, 15) is 8.42 Å². The minimum Gasteiger partial charge on any atom is -0.206 e. The third-order valence-electron chi connectivity index (χ3n) is 3.40. The lowest BCUT2D eigenvalue weighted by Gasteiger charge is -2.27. The molecule has 0 N–H and O–H groups in total. The van der Waals surface area contributed by atoms with Crippen LogP contribution in [0, 0.1) is 6.92 Å². The van der Waals surface area contributed by atoms with Crippen LogP contribution in [0.2, 0.25) is 4.34 Å². The lowest BCUT2D eigenvalue weighted by atomic mass is 10.1. The number of halogens is 2. The molecular formula is C12H17BrClNO2S2.